The molecule has 1 atom stereocenters. The third-order valence-electron chi connectivity index (χ3n) is 2.34. The van der Waals surface area contributed by atoms with E-state index >= 15 is 0 Å². The van der Waals surface area contributed by atoms with Crippen LogP contribution < -0.4 is 4.74 Å². The van der Waals surface area contributed by atoms with Gasteiger partial charge in [0.25, 0.3) is 0 Å². The average Bonchev–Trinajstić information content (AvgIpc) is 2.26. The molecule has 0 aromatic heterocycles. The van der Waals surface area contributed by atoms with Crippen molar-refractivity contribution in [1.82, 2.24) is 0 Å². The maximum atomic E-state index is 13.0. The van der Waals surface area contributed by atoms with Crippen molar-refractivity contribution in [3.05, 3.63) is 29.6 Å². The van der Waals surface area contributed by atoms with Gasteiger partial charge < -0.3 is 4.74 Å². The summed E-state index contributed by atoms with van der Waals surface area (Å²) in [6.45, 7) is 4.33. The summed E-state index contributed by atoms with van der Waals surface area (Å²) < 4.78 is 18.2. The number of hydrogen-bond acceptors (Lipinski definition) is 2. The third kappa shape index (κ3) is 3.74. The zero-order valence-corrected chi connectivity index (χ0v) is 10.2. The first-order chi connectivity index (χ1) is 7.17. The molecule has 0 N–H and O–H groups in total. The number of benzene rings is 1. The van der Waals surface area contributed by atoms with Crippen LogP contribution in [0.2, 0.25) is 0 Å². The molecule has 0 radical (unpaired) electrons. The van der Waals surface area contributed by atoms with E-state index in [9.17, 15) is 4.39 Å². The molecule has 15 heavy (non-hydrogen) atoms. The topological polar surface area (TPSA) is 9.23 Å². The van der Waals surface area contributed by atoms with Gasteiger partial charge in [0.1, 0.15) is 11.6 Å². The van der Waals surface area contributed by atoms with E-state index in [1.165, 1.54) is 6.07 Å². The summed E-state index contributed by atoms with van der Waals surface area (Å²) in [7, 11) is 1.62. The van der Waals surface area contributed by atoms with Crippen LogP contribution in [0.25, 0.3) is 0 Å². The van der Waals surface area contributed by atoms with E-state index in [0.717, 1.165) is 23.5 Å². The predicted octanol–water partition coefficient (Wildman–Crippen LogP) is 3.87. The van der Waals surface area contributed by atoms with Crippen LogP contribution in [-0.2, 0) is 5.75 Å². The fourth-order valence-corrected chi connectivity index (χ4v) is 2.14. The molecule has 0 aliphatic carbocycles. The van der Waals surface area contributed by atoms with Gasteiger partial charge in [-0.3, -0.25) is 0 Å². The zero-order valence-electron chi connectivity index (χ0n) is 9.42. The highest BCUT2D eigenvalue weighted by molar-refractivity contribution is 7.99. The molecule has 0 saturated heterocycles. The Kier molecular flexibility index (Phi) is 4.95. The lowest BCUT2D eigenvalue weighted by molar-refractivity contribution is 0.410. The molecule has 1 aromatic carbocycles. The number of thioether (sulfide) groups is 1. The van der Waals surface area contributed by atoms with Gasteiger partial charge in [-0.2, -0.15) is 11.8 Å². The van der Waals surface area contributed by atoms with Crippen LogP contribution in [0.3, 0.4) is 0 Å². The molecule has 0 amide bonds. The van der Waals surface area contributed by atoms with E-state index in [4.69, 9.17) is 4.74 Å². The van der Waals surface area contributed by atoms with Gasteiger partial charge >= 0.3 is 0 Å². The van der Waals surface area contributed by atoms with Gasteiger partial charge in [0.15, 0.2) is 0 Å². The number of rotatable bonds is 5. The Morgan fingerprint density at radius 1 is 1.47 bits per heavy atom. The predicted molar refractivity (Wildman–Crippen MR) is 64.0 cm³/mol. The third-order valence-corrected chi connectivity index (χ3v) is 3.72. The van der Waals surface area contributed by atoms with Crippen LogP contribution in [-0.4, -0.2) is 12.4 Å². The first kappa shape index (κ1) is 12.4. The first-order valence-corrected chi connectivity index (χ1v) is 6.16. The molecular formula is C12H17FOS. The summed E-state index contributed by atoms with van der Waals surface area (Å²) in [6, 6.07) is 4.66. The van der Waals surface area contributed by atoms with Crippen LogP contribution in [0.4, 0.5) is 4.39 Å². The summed E-state index contributed by atoms with van der Waals surface area (Å²) >= 11 is 1.82. The van der Waals surface area contributed by atoms with Crippen molar-refractivity contribution in [3.63, 3.8) is 0 Å². The Bertz CT molecular complexity index is 314. The monoisotopic (exact) mass is 228 g/mol. The highest BCUT2D eigenvalue weighted by atomic mass is 32.2. The minimum atomic E-state index is -0.199. The van der Waals surface area contributed by atoms with E-state index in [-0.39, 0.29) is 5.82 Å². The molecule has 0 heterocycles. The number of ether oxygens (including phenoxy) is 1. The van der Waals surface area contributed by atoms with E-state index in [2.05, 4.69) is 13.8 Å². The van der Waals surface area contributed by atoms with Crippen LogP contribution in [0.5, 0.6) is 5.75 Å². The second-order valence-corrected chi connectivity index (χ2v) is 4.91. The number of methoxy groups -OCH3 is 1. The molecular weight excluding hydrogens is 211 g/mol. The van der Waals surface area contributed by atoms with Crippen molar-refractivity contribution in [1.29, 1.82) is 0 Å². The molecule has 1 aromatic rings. The van der Waals surface area contributed by atoms with Crippen LogP contribution in [0.15, 0.2) is 18.2 Å². The highest BCUT2D eigenvalue weighted by Gasteiger charge is 2.06. The van der Waals surface area contributed by atoms with Gasteiger partial charge in [0.2, 0.25) is 0 Å². The van der Waals surface area contributed by atoms with Crippen molar-refractivity contribution >= 4 is 11.8 Å². The van der Waals surface area contributed by atoms with E-state index in [1.54, 1.807) is 19.2 Å². The van der Waals surface area contributed by atoms with Crippen LogP contribution in [0.1, 0.15) is 25.8 Å². The lowest BCUT2D eigenvalue weighted by Gasteiger charge is -2.11. The first-order valence-electron chi connectivity index (χ1n) is 5.11. The van der Waals surface area contributed by atoms with Gasteiger partial charge in [0.05, 0.1) is 7.11 Å². The summed E-state index contributed by atoms with van der Waals surface area (Å²) in [5.74, 6) is 1.37. The Balaban J connectivity index is 2.69. The Morgan fingerprint density at radius 2 is 2.20 bits per heavy atom. The van der Waals surface area contributed by atoms with Crippen molar-refractivity contribution in [2.45, 2.75) is 31.3 Å². The largest absolute Gasteiger partial charge is 0.496 e. The molecule has 1 rings (SSSR count). The molecule has 84 valence electrons. The second-order valence-electron chi connectivity index (χ2n) is 3.49. The molecule has 0 aliphatic rings. The highest BCUT2D eigenvalue weighted by Crippen LogP contribution is 2.26. The van der Waals surface area contributed by atoms with Crippen molar-refractivity contribution < 1.29 is 9.13 Å². The summed E-state index contributed by atoms with van der Waals surface area (Å²) in [6.07, 6.45) is 1.13. The van der Waals surface area contributed by atoms with E-state index in [0.29, 0.717) is 5.25 Å². The normalized spacial score (nSPS) is 12.5. The molecule has 0 saturated carbocycles. The SMILES string of the molecule is CCC(C)SCc1cc(F)ccc1OC. The lowest BCUT2D eigenvalue weighted by Crippen LogP contribution is -1.96. The fraction of sp³-hybridized carbons (Fsp3) is 0.500. The number of halogens is 1. The maximum Gasteiger partial charge on any atom is 0.123 e. The van der Waals surface area contributed by atoms with Gasteiger partial charge in [0, 0.05) is 16.6 Å². The Hall–Kier alpha value is -0.700. The van der Waals surface area contributed by atoms with Gasteiger partial charge in [-0.1, -0.05) is 13.8 Å². The molecule has 0 spiro atoms. The zero-order chi connectivity index (χ0) is 11.3. The van der Waals surface area contributed by atoms with Crippen LogP contribution in [0, 0.1) is 5.82 Å². The van der Waals surface area contributed by atoms with Gasteiger partial charge in [-0.05, 0) is 24.6 Å². The molecule has 3 heteroatoms. The molecule has 0 bridgehead atoms. The summed E-state index contributed by atoms with van der Waals surface area (Å²) in [5.41, 5.74) is 0.933. The van der Waals surface area contributed by atoms with Crippen LogP contribution >= 0.6 is 11.8 Å². The molecule has 1 nitrogen and oxygen atoms in total. The van der Waals surface area contributed by atoms with E-state index < -0.39 is 0 Å². The van der Waals surface area contributed by atoms with Crippen molar-refractivity contribution in [2.75, 3.05) is 7.11 Å². The molecule has 0 fully saturated rings. The minimum Gasteiger partial charge on any atom is -0.496 e. The van der Waals surface area contributed by atoms with E-state index in [1.807, 2.05) is 11.8 Å². The second kappa shape index (κ2) is 6.01. The molecule has 0 aliphatic heterocycles. The quantitative estimate of drug-likeness (QED) is 0.756. The summed E-state index contributed by atoms with van der Waals surface area (Å²) in [5, 5.41) is 0.595. The maximum absolute atomic E-state index is 13.0. The summed E-state index contributed by atoms with van der Waals surface area (Å²) in [4.78, 5) is 0. The standard InChI is InChI=1S/C12H17FOS/c1-4-9(2)15-8-10-7-11(13)5-6-12(10)14-3/h5-7,9H,4,8H2,1-3H3. The Labute approximate surface area is 95.0 Å². The number of hydrogen-bond donors (Lipinski definition) is 0. The van der Waals surface area contributed by atoms with Crippen molar-refractivity contribution in [3.8, 4) is 5.75 Å². The smallest absolute Gasteiger partial charge is 0.123 e. The lowest BCUT2D eigenvalue weighted by atomic mass is 10.2. The van der Waals surface area contributed by atoms with Crippen molar-refractivity contribution in [2.24, 2.45) is 0 Å². The fourth-order valence-electron chi connectivity index (χ4n) is 1.21. The molecule has 1 unspecified atom stereocenters. The van der Waals surface area contributed by atoms with Gasteiger partial charge in [-0.25, -0.2) is 4.39 Å². The average molecular weight is 228 g/mol. The Morgan fingerprint density at radius 3 is 2.80 bits per heavy atom. The van der Waals surface area contributed by atoms with Gasteiger partial charge in [-0.15, -0.1) is 0 Å². The minimum absolute atomic E-state index is 0.199.